The lowest BCUT2D eigenvalue weighted by molar-refractivity contribution is 0.0137. The Morgan fingerprint density at radius 2 is 1.64 bits per heavy atom. The van der Waals surface area contributed by atoms with Crippen LogP contribution in [0.5, 0.6) is 11.5 Å². The van der Waals surface area contributed by atoms with Crippen molar-refractivity contribution in [2.45, 2.75) is 38.8 Å². The largest absolute Gasteiger partial charge is 0.508 e. The molecule has 206 valence electrons. The van der Waals surface area contributed by atoms with Gasteiger partial charge in [0.15, 0.2) is 0 Å². The minimum absolute atomic E-state index is 0.0621. The minimum Gasteiger partial charge on any atom is -0.508 e. The third-order valence-electron chi connectivity index (χ3n) is 7.34. The van der Waals surface area contributed by atoms with E-state index in [1.807, 2.05) is 45.0 Å². The zero-order valence-electron chi connectivity index (χ0n) is 23.2. The Labute approximate surface area is 231 Å². The van der Waals surface area contributed by atoms with Gasteiger partial charge >= 0.3 is 6.09 Å². The van der Waals surface area contributed by atoms with Crippen molar-refractivity contribution in [3.05, 3.63) is 89.5 Å². The SMILES string of the molecule is CC(C)(C)OC(=O)N1CCN(CCOc2ccc(C3c4ccc(O)cc4CCN3c3ccccc3)cc2)CC1. The van der Waals surface area contributed by atoms with Crippen molar-refractivity contribution in [2.75, 3.05) is 50.8 Å². The van der Waals surface area contributed by atoms with Crippen LogP contribution in [0.25, 0.3) is 0 Å². The predicted octanol–water partition coefficient (Wildman–Crippen LogP) is 5.48. The number of carbonyl (C=O) groups is 1. The monoisotopic (exact) mass is 529 g/mol. The Bertz CT molecular complexity index is 1250. The summed E-state index contributed by atoms with van der Waals surface area (Å²) < 4.78 is 11.6. The molecule has 1 atom stereocenters. The molecule has 0 radical (unpaired) electrons. The Morgan fingerprint density at radius 1 is 0.923 bits per heavy atom. The minimum atomic E-state index is -0.471. The lowest BCUT2D eigenvalue weighted by atomic mass is 9.87. The van der Waals surface area contributed by atoms with E-state index >= 15 is 0 Å². The summed E-state index contributed by atoms with van der Waals surface area (Å²) in [5, 5.41) is 10.1. The van der Waals surface area contributed by atoms with Crippen LogP contribution in [0.4, 0.5) is 10.5 Å². The number of hydrogen-bond acceptors (Lipinski definition) is 6. The molecule has 1 unspecified atom stereocenters. The number of nitrogens with zero attached hydrogens (tertiary/aromatic N) is 3. The van der Waals surface area contributed by atoms with Crippen molar-refractivity contribution in [1.29, 1.82) is 0 Å². The van der Waals surface area contributed by atoms with E-state index in [0.717, 1.165) is 38.3 Å². The van der Waals surface area contributed by atoms with Crippen LogP contribution in [0, 0.1) is 0 Å². The van der Waals surface area contributed by atoms with E-state index in [1.54, 1.807) is 11.0 Å². The van der Waals surface area contributed by atoms with Gasteiger partial charge in [0.2, 0.25) is 0 Å². The van der Waals surface area contributed by atoms with Crippen LogP contribution in [0.1, 0.15) is 43.5 Å². The van der Waals surface area contributed by atoms with E-state index in [1.165, 1.54) is 22.4 Å². The second kappa shape index (κ2) is 11.6. The maximum atomic E-state index is 12.3. The molecule has 2 heterocycles. The molecule has 3 aromatic rings. The fourth-order valence-electron chi connectivity index (χ4n) is 5.39. The number of phenols is 1. The van der Waals surface area contributed by atoms with Crippen molar-refractivity contribution in [3.63, 3.8) is 0 Å². The summed E-state index contributed by atoms with van der Waals surface area (Å²) in [7, 11) is 0. The summed E-state index contributed by atoms with van der Waals surface area (Å²) in [6.45, 7) is 10.9. The van der Waals surface area contributed by atoms with Gasteiger partial charge in [-0.2, -0.15) is 0 Å². The summed E-state index contributed by atoms with van der Waals surface area (Å²) in [6.07, 6.45) is 0.657. The van der Waals surface area contributed by atoms with Crippen LogP contribution in [-0.4, -0.2) is 72.5 Å². The van der Waals surface area contributed by atoms with E-state index in [4.69, 9.17) is 9.47 Å². The van der Waals surface area contributed by atoms with Gasteiger partial charge in [-0.05, 0) is 80.3 Å². The highest BCUT2D eigenvalue weighted by Crippen LogP contribution is 2.39. The molecule has 0 aromatic heterocycles. The maximum Gasteiger partial charge on any atom is 0.410 e. The van der Waals surface area contributed by atoms with Crippen LogP contribution >= 0.6 is 0 Å². The summed E-state index contributed by atoms with van der Waals surface area (Å²) in [4.78, 5) is 18.8. The molecule has 0 aliphatic carbocycles. The van der Waals surface area contributed by atoms with Gasteiger partial charge in [-0.1, -0.05) is 36.4 Å². The molecular formula is C32H39N3O4. The number of rotatable bonds is 6. The number of phenolic OH excluding ortho intramolecular Hbond substituents is 1. The number of hydrogen-bond donors (Lipinski definition) is 1. The van der Waals surface area contributed by atoms with Crippen LogP contribution in [-0.2, 0) is 11.2 Å². The molecule has 0 bridgehead atoms. The second-order valence-corrected chi connectivity index (χ2v) is 11.3. The normalized spacial score (nSPS) is 18.0. The number of para-hydroxylation sites is 1. The van der Waals surface area contributed by atoms with Crippen LogP contribution < -0.4 is 9.64 Å². The molecule has 2 aliphatic rings. The maximum absolute atomic E-state index is 12.3. The van der Waals surface area contributed by atoms with Crippen molar-refractivity contribution in [3.8, 4) is 11.5 Å². The molecular weight excluding hydrogens is 490 g/mol. The molecule has 1 saturated heterocycles. The molecule has 7 nitrogen and oxygen atoms in total. The van der Waals surface area contributed by atoms with Gasteiger partial charge in [-0.3, -0.25) is 4.90 Å². The Kier molecular flexibility index (Phi) is 7.98. The smallest absolute Gasteiger partial charge is 0.410 e. The lowest BCUT2D eigenvalue weighted by Crippen LogP contribution is -2.50. The Morgan fingerprint density at radius 3 is 2.33 bits per heavy atom. The molecule has 2 aliphatic heterocycles. The number of anilines is 1. The molecule has 5 rings (SSSR count). The topological polar surface area (TPSA) is 65.5 Å². The van der Waals surface area contributed by atoms with Crippen molar-refractivity contribution in [1.82, 2.24) is 9.80 Å². The van der Waals surface area contributed by atoms with Crippen molar-refractivity contribution >= 4 is 11.8 Å². The van der Waals surface area contributed by atoms with Crippen LogP contribution in [0.2, 0.25) is 0 Å². The number of carbonyl (C=O) groups excluding carboxylic acids is 1. The quantitative estimate of drug-likeness (QED) is 0.457. The second-order valence-electron chi connectivity index (χ2n) is 11.3. The zero-order chi connectivity index (χ0) is 27.4. The first-order chi connectivity index (χ1) is 18.8. The molecule has 1 fully saturated rings. The van der Waals surface area contributed by atoms with Gasteiger partial charge < -0.3 is 24.4 Å². The highest BCUT2D eigenvalue weighted by atomic mass is 16.6. The molecule has 3 aromatic carbocycles. The van der Waals surface area contributed by atoms with E-state index in [9.17, 15) is 9.90 Å². The standard InChI is InChI=1S/C32H39N3O4/c1-32(2,3)39-31(37)34-19-17-33(18-20-34)21-22-38-28-12-9-24(10-13-28)30-29-14-11-27(36)23-25(29)15-16-35(30)26-7-5-4-6-8-26/h4-14,23,30,36H,15-22H2,1-3H3. The average molecular weight is 530 g/mol. The summed E-state index contributed by atoms with van der Waals surface area (Å²) in [6, 6.07) is 24.7. The van der Waals surface area contributed by atoms with Gasteiger partial charge in [0.1, 0.15) is 23.7 Å². The third-order valence-corrected chi connectivity index (χ3v) is 7.34. The van der Waals surface area contributed by atoms with Gasteiger partial charge in [-0.25, -0.2) is 4.79 Å². The number of benzene rings is 3. The molecule has 0 saturated carbocycles. The van der Waals surface area contributed by atoms with Crippen LogP contribution in [0.3, 0.4) is 0 Å². The van der Waals surface area contributed by atoms with E-state index in [-0.39, 0.29) is 12.1 Å². The van der Waals surface area contributed by atoms with E-state index < -0.39 is 5.60 Å². The summed E-state index contributed by atoms with van der Waals surface area (Å²) in [5.41, 5.74) is 4.33. The third kappa shape index (κ3) is 6.66. The first-order valence-electron chi connectivity index (χ1n) is 13.8. The van der Waals surface area contributed by atoms with Crippen molar-refractivity contribution < 1.29 is 19.4 Å². The molecule has 7 heteroatoms. The molecule has 1 amide bonds. The number of fused-ring (bicyclic) bond motifs is 1. The fraction of sp³-hybridized carbons (Fsp3) is 0.406. The van der Waals surface area contributed by atoms with E-state index in [2.05, 4.69) is 52.3 Å². The molecule has 0 spiro atoms. The summed E-state index contributed by atoms with van der Waals surface area (Å²) in [5.74, 6) is 1.16. The number of amides is 1. The van der Waals surface area contributed by atoms with Gasteiger partial charge in [-0.15, -0.1) is 0 Å². The van der Waals surface area contributed by atoms with Crippen LogP contribution in [0.15, 0.2) is 72.8 Å². The van der Waals surface area contributed by atoms with Gasteiger partial charge in [0.25, 0.3) is 0 Å². The van der Waals surface area contributed by atoms with E-state index in [0.29, 0.717) is 25.4 Å². The number of piperazine rings is 1. The fourth-order valence-corrected chi connectivity index (χ4v) is 5.39. The Balaban J connectivity index is 1.19. The highest BCUT2D eigenvalue weighted by Gasteiger charge is 2.29. The Hall–Kier alpha value is -3.71. The first kappa shape index (κ1) is 26.9. The highest BCUT2D eigenvalue weighted by molar-refractivity contribution is 5.68. The number of aromatic hydroxyl groups is 1. The predicted molar refractivity (Wildman–Crippen MR) is 154 cm³/mol. The first-order valence-corrected chi connectivity index (χ1v) is 13.8. The summed E-state index contributed by atoms with van der Waals surface area (Å²) >= 11 is 0. The zero-order valence-corrected chi connectivity index (χ0v) is 23.2. The van der Waals surface area contributed by atoms with Gasteiger partial charge in [0.05, 0.1) is 6.04 Å². The van der Waals surface area contributed by atoms with Gasteiger partial charge in [0, 0.05) is 45.0 Å². The average Bonchev–Trinajstić information content (AvgIpc) is 2.93. The molecule has 1 N–H and O–H groups in total. The number of ether oxygens (including phenoxy) is 2. The molecule has 39 heavy (non-hydrogen) atoms. The van der Waals surface area contributed by atoms with Crippen molar-refractivity contribution in [2.24, 2.45) is 0 Å². The lowest BCUT2D eigenvalue weighted by Gasteiger charge is -2.39.